The van der Waals surface area contributed by atoms with Crippen LogP contribution < -0.4 is 0 Å². The maximum Gasteiger partial charge on any atom is 0.321 e. The Labute approximate surface area is 194 Å². The molecule has 0 amide bonds. The second-order valence-electron chi connectivity index (χ2n) is 9.86. The topological polar surface area (TPSA) is 29.5 Å². The number of piperidine rings is 1. The highest BCUT2D eigenvalue weighted by Crippen LogP contribution is 2.56. The van der Waals surface area contributed by atoms with Crippen LogP contribution in [0.2, 0.25) is 0 Å². The average Bonchev–Trinajstić information content (AvgIpc) is 3.60. The summed E-state index contributed by atoms with van der Waals surface area (Å²) in [5, 5.41) is 0. The van der Waals surface area contributed by atoms with Crippen LogP contribution in [-0.2, 0) is 14.9 Å². The third-order valence-electron chi connectivity index (χ3n) is 8.52. The Hall–Kier alpha value is -1.65. The molecule has 6 rings (SSSR count). The van der Waals surface area contributed by atoms with Crippen molar-refractivity contribution < 1.29 is 9.53 Å². The fourth-order valence-corrected chi connectivity index (χ4v) is 6.76. The first-order valence-electron chi connectivity index (χ1n) is 11.6. The summed E-state index contributed by atoms with van der Waals surface area (Å²) in [6, 6.07) is 17.2. The fourth-order valence-electron chi connectivity index (χ4n) is 6.76. The average molecular weight is 482 g/mol. The van der Waals surface area contributed by atoms with Gasteiger partial charge in [0.25, 0.3) is 0 Å². The van der Waals surface area contributed by atoms with Crippen molar-refractivity contribution in [1.29, 1.82) is 0 Å². The Balaban J connectivity index is 0.000000994. The number of benzene rings is 2. The normalized spacial score (nSPS) is 30.1. The molecule has 3 fully saturated rings. The third-order valence-corrected chi connectivity index (χ3v) is 8.52. The molecule has 0 N–H and O–H groups in total. The van der Waals surface area contributed by atoms with Crippen LogP contribution in [-0.4, -0.2) is 41.4 Å². The Morgan fingerprint density at radius 1 is 1.00 bits per heavy atom. The van der Waals surface area contributed by atoms with Gasteiger partial charge in [0.1, 0.15) is 11.5 Å². The van der Waals surface area contributed by atoms with Crippen LogP contribution in [0.15, 0.2) is 48.5 Å². The number of carbonyl (C=O) groups excluding carboxylic acids is 1. The zero-order chi connectivity index (χ0) is 21.8. The number of alkyl halides is 1. The van der Waals surface area contributed by atoms with E-state index in [4.69, 9.17) is 4.74 Å². The van der Waals surface area contributed by atoms with Gasteiger partial charge in [-0.25, -0.2) is 0 Å². The standard InChI is InChI=1S/C26H29NO2.CH3Br/c1-25(22-9-5-3-7-20(22)21-8-4-6-10-23(21)25)24(28)29-19-15-18-13-14-26(16-19,27(18)2)17-11-12-17;1-2/h3-10,17-19H,11-16H2,1-2H3;1H3. The van der Waals surface area contributed by atoms with Gasteiger partial charge in [-0.05, 0) is 73.7 Å². The molecule has 2 aromatic carbocycles. The minimum atomic E-state index is -0.720. The summed E-state index contributed by atoms with van der Waals surface area (Å²) in [5.41, 5.74) is 4.06. The molecule has 4 aliphatic rings. The van der Waals surface area contributed by atoms with E-state index in [9.17, 15) is 4.79 Å². The summed E-state index contributed by atoms with van der Waals surface area (Å²) in [4.78, 5) is 16.4. The zero-order valence-corrected chi connectivity index (χ0v) is 20.3. The van der Waals surface area contributed by atoms with Gasteiger partial charge in [0.15, 0.2) is 0 Å². The summed E-state index contributed by atoms with van der Waals surface area (Å²) in [5.74, 6) is 2.55. The van der Waals surface area contributed by atoms with Crippen LogP contribution in [0.25, 0.3) is 11.1 Å². The predicted molar refractivity (Wildman–Crippen MR) is 129 cm³/mol. The second kappa shape index (κ2) is 7.74. The molecule has 2 aliphatic carbocycles. The van der Waals surface area contributed by atoms with E-state index in [0.717, 1.165) is 29.9 Å². The van der Waals surface area contributed by atoms with Crippen molar-refractivity contribution in [3.05, 3.63) is 59.7 Å². The highest BCUT2D eigenvalue weighted by Gasteiger charge is 2.58. The van der Waals surface area contributed by atoms with Crippen LogP contribution in [0.4, 0.5) is 0 Å². The Morgan fingerprint density at radius 2 is 1.58 bits per heavy atom. The molecule has 0 spiro atoms. The summed E-state index contributed by atoms with van der Waals surface area (Å²) in [6.07, 6.45) is 7.25. The molecular formula is C27H32BrNO2. The van der Waals surface area contributed by atoms with E-state index < -0.39 is 5.41 Å². The van der Waals surface area contributed by atoms with E-state index in [-0.39, 0.29) is 17.6 Å². The first-order valence-corrected chi connectivity index (χ1v) is 13.1. The van der Waals surface area contributed by atoms with E-state index in [0.29, 0.717) is 6.04 Å². The molecule has 2 bridgehead atoms. The van der Waals surface area contributed by atoms with Gasteiger partial charge in [-0.3, -0.25) is 9.69 Å². The number of rotatable bonds is 3. The number of carbonyl (C=O) groups is 1. The van der Waals surface area contributed by atoms with E-state index >= 15 is 0 Å². The smallest absolute Gasteiger partial charge is 0.321 e. The van der Waals surface area contributed by atoms with Crippen LogP contribution in [0.5, 0.6) is 0 Å². The number of ether oxygens (including phenoxy) is 1. The van der Waals surface area contributed by atoms with E-state index in [1.54, 1.807) is 0 Å². The van der Waals surface area contributed by atoms with Gasteiger partial charge in [0.2, 0.25) is 0 Å². The second-order valence-corrected chi connectivity index (χ2v) is 9.86. The summed E-state index contributed by atoms with van der Waals surface area (Å²) < 4.78 is 6.36. The molecule has 31 heavy (non-hydrogen) atoms. The predicted octanol–water partition coefficient (Wildman–Crippen LogP) is 5.93. The molecule has 2 aromatic rings. The van der Waals surface area contributed by atoms with Crippen molar-refractivity contribution in [2.45, 2.75) is 68.5 Å². The Kier molecular flexibility index (Phi) is 5.29. The van der Waals surface area contributed by atoms with Gasteiger partial charge in [0.05, 0.1) is 0 Å². The molecule has 3 unspecified atom stereocenters. The van der Waals surface area contributed by atoms with Crippen molar-refractivity contribution in [1.82, 2.24) is 4.90 Å². The molecule has 1 saturated carbocycles. The molecule has 4 heteroatoms. The van der Waals surface area contributed by atoms with Gasteiger partial charge in [-0.15, -0.1) is 0 Å². The van der Waals surface area contributed by atoms with Crippen molar-refractivity contribution in [2.75, 3.05) is 12.9 Å². The Bertz CT molecular complexity index is 955. The molecule has 0 radical (unpaired) electrons. The summed E-state index contributed by atoms with van der Waals surface area (Å²) in [6.45, 7) is 2.06. The monoisotopic (exact) mass is 481 g/mol. The van der Waals surface area contributed by atoms with Gasteiger partial charge >= 0.3 is 5.97 Å². The zero-order valence-electron chi connectivity index (χ0n) is 18.7. The van der Waals surface area contributed by atoms with E-state index in [2.05, 4.69) is 71.2 Å². The molecule has 2 saturated heterocycles. The lowest BCUT2D eigenvalue weighted by molar-refractivity contribution is -0.159. The number of fused-ring (bicyclic) bond motifs is 5. The number of nitrogens with zero attached hydrogens (tertiary/aromatic N) is 1. The first kappa shape index (κ1) is 21.2. The fraction of sp³-hybridized carbons (Fsp3) is 0.519. The van der Waals surface area contributed by atoms with Crippen LogP contribution in [0.3, 0.4) is 0 Å². The van der Waals surface area contributed by atoms with E-state index in [1.165, 1.54) is 36.8 Å². The van der Waals surface area contributed by atoms with Crippen LogP contribution in [0, 0.1) is 5.92 Å². The molecular weight excluding hydrogens is 450 g/mol. The molecule has 164 valence electrons. The quantitative estimate of drug-likeness (QED) is 0.401. The molecule has 3 nitrogen and oxygen atoms in total. The molecule has 3 atom stereocenters. The van der Waals surface area contributed by atoms with Gasteiger partial charge in [-0.1, -0.05) is 64.5 Å². The Morgan fingerprint density at radius 3 is 2.16 bits per heavy atom. The third kappa shape index (κ3) is 3.05. The van der Waals surface area contributed by atoms with Crippen LogP contribution in [0.1, 0.15) is 56.6 Å². The van der Waals surface area contributed by atoms with E-state index in [1.807, 2.05) is 18.0 Å². The largest absolute Gasteiger partial charge is 0.461 e. The minimum Gasteiger partial charge on any atom is -0.461 e. The maximum atomic E-state index is 13.7. The van der Waals surface area contributed by atoms with Gasteiger partial charge in [-0.2, -0.15) is 0 Å². The highest BCUT2D eigenvalue weighted by atomic mass is 79.9. The molecule has 2 heterocycles. The first-order chi connectivity index (χ1) is 15.0. The number of esters is 1. The summed E-state index contributed by atoms with van der Waals surface area (Å²) >= 11 is 2.94. The molecule has 0 aromatic heterocycles. The van der Waals surface area contributed by atoms with Crippen molar-refractivity contribution in [3.63, 3.8) is 0 Å². The van der Waals surface area contributed by atoms with Gasteiger partial charge < -0.3 is 4.74 Å². The van der Waals surface area contributed by atoms with Gasteiger partial charge in [0, 0.05) is 24.4 Å². The maximum absolute atomic E-state index is 13.7. The molecule has 2 aliphatic heterocycles. The number of hydrogen-bond acceptors (Lipinski definition) is 3. The van der Waals surface area contributed by atoms with Crippen LogP contribution >= 0.6 is 15.9 Å². The summed E-state index contributed by atoms with van der Waals surface area (Å²) in [7, 11) is 2.30. The lowest BCUT2D eigenvalue weighted by atomic mass is 9.79. The van der Waals surface area contributed by atoms with Crippen molar-refractivity contribution in [3.8, 4) is 11.1 Å². The van der Waals surface area contributed by atoms with Crippen molar-refractivity contribution in [2.24, 2.45) is 5.92 Å². The number of halogens is 1. The SMILES string of the molecule is CBr.CN1C2CCC1(C1CC1)CC(OC(=O)C1(C)c3ccccc3-c3ccccc31)C2. The number of hydrogen-bond donors (Lipinski definition) is 0. The lowest BCUT2D eigenvalue weighted by Crippen LogP contribution is -2.54. The minimum absolute atomic E-state index is 0.0450. The van der Waals surface area contributed by atoms with Crippen molar-refractivity contribution >= 4 is 21.9 Å². The highest BCUT2D eigenvalue weighted by molar-refractivity contribution is 9.08. The lowest BCUT2D eigenvalue weighted by Gasteiger charge is -2.46.